The molecule has 1 aromatic heterocycles. The van der Waals surface area contributed by atoms with Gasteiger partial charge in [0.05, 0.1) is 5.69 Å². The van der Waals surface area contributed by atoms with Gasteiger partial charge in [-0.3, -0.25) is 9.88 Å². The number of pyridine rings is 1. The van der Waals surface area contributed by atoms with Gasteiger partial charge in [0.15, 0.2) is 0 Å². The highest BCUT2D eigenvalue weighted by Crippen LogP contribution is 2.01. The van der Waals surface area contributed by atoms with E-state index in [0.717, 1.165) is 57.2 Å². The second-order valence-corrected chi connectivity index (χ2v) is 5.16. The Hall–Kier alpha value is -0.970. The number of aryl methyl sites for hydroxylation is 1. The Morgan fingerprint density at radius 2 is 2.10 bits per heavy atom. The number of nitrogens with zero attached hydrogens (tertiary/aromatic N) is 2. The molecule has 0 fully saturated rings. The predicted octanol–water partition coefficient (Wildman–Crippen LogP) is 2.23. The summed E-state index contributed by atoms with van der Waals surface area (Å²) in [5.74, 6) is 0. The number of hydrogen-bond acceptors (Lipinski definition) is 4. The predicted molar refractivity (Wildman–Crippen MR) is 83.9 cm³/mol. The van der Waals surface area contributed by atoms with Crippen molar-refractivity contribution < 1.29 is 4.74 Å². The van der Waals surface area contributed by atoms with Crippen molar-refractivity contribution >= 4 is 0 Å². The largest absolute Gasteiger partial charge is 0.382 e. The summed E-state index contributed by atoms with van der Waals surface area (Å²) < 4.78 is 5.31. The number of aromatic nitrogens is 1. The minimum atomic E-state index is 0.825. The third-order valence-electron chi connectivity index (χ3n) is 3.14. The van der Waals surface area contributed by atoms with Gasteiger partial charge < -0.3 is 10.1 Å². The van der Waals surface area contributed by atoms with Crippen molar-refractivity contribution in [3.8, 4) is 0 Å². The second-order valence-electron chi connectivity index (χ2n) is 5.16. The van der Waals surface area contributed by atoms with Gasteiger partial charge >= 0.3 is 0 Å². The highest BCUT2D eigenvalue weighted by Gasteiger charge is 2.01. The number of ether oxygens (including phenoxy) is 1. The molecule has 0 aliphatic heterocycles. The van der Waals surface area contributed by atoms with Crippen molar-refractivity contribution in [2.24, 2.45) is 0 Å². The van der Waals surface area contributed by atoms with Crippen molar-refractivity contribution in [1.82, 2.24) is 15.2 Å². The lowest BCUT2D eigenvalue weighted by Gasteiger charge is -2.16. The Bertz CT molecular complexity index is 357. The van der Waals surface area contributed by atoms with Gasteiger partial charge in [-0.1, -0.05) is 6.07 Å². The Morgan fingerprint density at radius 1 is 1.25 bits per heavy atom. The topological polar surface area (TPSA) is 37.4 Å². The van der Waals surface area contributed by atoms with Crippen molar-refractivity contribution in [1.29, 1.82) is 0 Å². The van der Waals surface area contributed by atoms with Gasteiger partial charge in [-0.25, -0.2) is 0 Å². The molecule has 0 unspecified atom stereocenters. The summed E-state index contributed by atoms with van der Waals surface area (Å²) >= 11 is 0. The number of likely N-dealkylation sites (N-methyl/N-ethyl adjacent to an activating group) is 1. The highest BCUT2D eigenvalue weighted by molar-refractivity contribution is 5.09. The lowest BCUT2D eigenvalue weighted by atomic mass is 10.3. The molecule has 20 heavy (non-hydrogen) atoms. The molecule has 0 atom stereocenters. The van der Waals surface area contributed by atoms with Gasteiger partial charge in [-0.2, -0.15) is 0 Å². The highest BCUT2D eigenvalue weighted by atomic mass is 16.5. The van der Waals surface area contributed by atoms with Crippen LogP contribution in [0.5, 0.6) is 0 Å². The Labute approximate surface area is 123 Å². The van der Waals surface area contributed by atoms with Crippen molar-refractivity contribution in [2.45, 2.75) is 33.2 Å². The first-order valence-corrected chi connectivity index (χ1v) is 7.62. The maximum Gasteiger partial charge on any atom is 0.0547 e. The van der Waals surface area contributed by atoms with E-state index >= 15 is 0 Å². The lowest BCUT2D eigenvalue weighted by Crippen LogP contribution is -2.29. The molecule has 0 aliphatic carbocycles. The molecule has 1 heterocycles. The third-order valence-corrected chi connectivity index (χ3v) is 3.14. The minimum absolute atomic E-state index is 0.825. The number of hydrogen-bond donors (Lipinski definition) is 1. The zero-order chi connectivity index (χ0) is 14.6. The lowest BCUT2D eigenvalue weighted by molar-refractivity contribution is 0.143. The van der Waals surface area contributed by atoms with Gasteiger partial charge in [0.2, 0.25) is 0 Å². The van der Waals surface area contributed by atoms with Crippen LogP contribution in [0.4, 0.5) is 0 Å². The van der Waals surface area contributed by atoms with Crippen molar-refractivity contribution in [2.75, 3.05) is 39.9 Å². The van der Waals surface area contributed by atoms with Crippen LogP contribution in [-0.4, -0.2) is 49.8 Å². The maximum atomic E-state index is 5.31. The summed E-state index contributed by atoms with van der Waals surface area (Å²) in [5.41, 5.74) is 2.23. The molecular formula is C16H29N3O. The first kappa shape index (κ1) is 17.1. The second kappa shape index (κ2) is 10.8. The fourth-order valence-corrected chi connectivity index (χ4v) is 2.04. The third kappa shape index (κ3) is 8.25. The number of rotatable bonds is 11. The minimum Gasteiger partial charge on any atom is -0.382 e. The fourth-order valence-electron chi connectivity index (χ4n) is 2.04. The zero-order valence-corrected chi connectivity index (χ0v) is 13.2. The van der Waals surface area contributed by atoms with Crippen LogP contribution in [0.15, 0.2) is 18.2 Å². The van der Waals surface area contributed by atoms with Crippen LogP contribution in [0.2, 0.25) is 0 Å². The van der Waals surface area contributed by atoms with Gasteiger partial charge in [-0.15, -0.1) is 0 Å². The van der Waals surface area contributed by atoms with Crippen LogP contribution in [0, 0.1) is 6.92 Å². The number of nitrogens with one attached hydrogen (secondary N) is 1. The molecule has 0 aliphatic rings. The summed E-state index contributed by atoms with van der Waals surface area (Å²) in [5, 5.41) is 3.47. The average Bonchev–Trinajstić information content (AvgIpc) is 2.42. The molecule has 0 aromatic carbocycles. The Morgan fingerprint density at radius 3 is 2.85 bits per heavy atom. The van der Waals surface area contributed by atoms with E-state index in [4.69, 9.17) is 4.74 Å². The Kier molecular flexibility index (Phi) is 9.20. The van der Waals surface area contributed by atoms with E-state index in [9.17, 15) is 0 Å². The van der Waals surface area contributed by atoms with Crippen LogP contribution >= 0.6 is 0 Å². The molecule has 0 saturated carbocycles. The molecule has 1 aromatic rings. The first-order chi connectivity index (χ1) is 9.72. The normalized spacial score (nSPS) is 11.2. The first-order valence-electron chi connectivity index (χ1n) is 7.62. The molecule has 0 amide bonds. The maximum absolute atomic E-state index is 5.31. The van der Waals surface area contributed by atoms with Crippen LogP contribution in [0.3, 0.4) is 0 Å². The monoisotopic (exact) mass is 279 g/mol. The van der Waals surface area contributed by atoms with E-state index in [1.54, 1.807) is 0 Å². The summed E-state index contributed by atoms with van der Waals surface area (Å²) in [6.07, 6.45) is 2.33. The van der Waals surface area contributed by atoms with Gasteiger partial charge in [0.25, 0.3) is 0 Å². The van der Waals surface area contributed by atoms with E-state index < -0.39 is 0 Å². The smallest absolute Gasteiger partial charge is 0.0547 e. The average molecular weight is 279 g/mol. The molecule has 1 rings (SSSR count). The van der Waals surface area contributed by atoms with E-state index in [1.165, 1.54) is 6.42 Å². The molecule has 1 N–H and O–H groups in total. The molecule has 4 heteroatoms. The van der Waals surface area contributed by atoms with Gasteiger partial charge in [0, 0.05) is 38.5 Å². The fraction of sp³-hybridized carbons (Fsp3) is 0.688. The summed E-state index contributed by atoms with van der Waals surface area (Å²) in [6.45, 7) is 9.84. The van der Waals surface area contributed by atoms with E-state index in [2.05, 4.69) is 34.4 Å². The molecule has 0 bridgehead atoms. The van der Waals surface area contributed by atoms with Crippen LogP contribution in [0.1, 0.15) is 31.2 Å². The van der Waals surface area contributed by atoms with Gasteiger partial charge in [0.1, 0.15) is 0 Å². The van der Waals surface area contributed by atoms with Crippen LogP contribution in [0.25, 0.3) is 0 Å². The molecule has 0 spiro atoms. The van der Waals surface area contributed by atoms with Crippen LogP contribution < -0.4 is 5.32 Å². The van der Waals surface area contributed by atoms with Crippen molar-refractivity contribution in [3.05, 3.63) is 29.6 Å². The zero-order valence-electron chi connectivity index (χ0n) is 13.2. The van der Waals surface area contributed by atoms with Crippen molar-refractivity contribution in [3.63, 3.8) is 0 Å². The number of unbranched alkanes of at least 4 members (excludes halogenated alkanes) is 1. The van der Waals surface area contributed by atoms with Crippen LogP contribution in [-0.2, 0) is 11.3 Å². The quantitative estimate of drug-likeness (QED) is 0.630. The van der Waals surface area contributed by atoms with E-state index in [1.807, 2.05) is 19.9 Å². The van der Waals surface area contributed by atoms with E-state index in [0.29, 0.717) is 0 Å². The SMILES string of the molecule is CCOCCCCNCCN(C)Cc1cccc(C)n1. The summed E-state index contributed by atoms with van der Waals surface area (Å²) in [6, 6.07) is 6.19. The molecule has 114 valence electrons. The standard InChI is InChI=1S/C16H29N3O/c1-4-20-13-6-5-10-17-11-12-19(3)14-16-9-7-8-15(2)18-16/h7-9,17H,4-6,10-14H2,1-3H3. The van der Waals surface area contributed by atoms with E-state index in [-0.39, 0.29) is 0 Å². The molecule has 4 nitrogen and oxygen atoms in total. The molecule has 0 radical (unpaired) electrons. The Balaban J connectivity index is 2.01. The van der Waals surface area contributed by atoms with Gasteiger partial charge in [-0.05, 0) is 52.4 Å². The summed E-state index contributed by atoms with van der Waals surface area (Å²) in [4.78, 5) is 6.82. The molecular weight excluding hydrogens is 250 g/mol. The summed E-state index contributed by atoms with van der Waals surface area (Å²) in [7, 11) is 2.14. The molecule has 0 saturated heterocycles.